The lowest BCUT2D eigenvalue weighted by atomic mass is 10.1. The summed E-state index contributed by atoms with van der Waals surface area (Å²) >= 11 is 0. The van der Waals surface area contributed by atoms with Gasteiger partial charge in [0.15, 0.2) is 6.61 Å². The van der Waals surface area contributed by atoms with Crippen LogP contribution in [-0.2, 0) is 4.79 Å². The number of carbonyl (C=O) groups is 1. The fourth-order valence-electron chi connectivity index (χ4n) is 2.22. The quantitative estimate of drug-likeness (QED) is 0.846. The third kappa shape index (κ3) is 4.62. The van der Waals surface area contributed by atoms with Crippen molar-refractivity contribution in [1.29, 1.82) is 0 Å². The molecule has 24 heavy (non-hydrogen) atoms. The van der Waals surface area contributed by atoms with Gasteiger partial charge in [0.2, 0.25) is 0 Å². The lowest BCUT2D eigenvalue weighted by Crippen LogP contribution is -2.31. The maximum atomic E-state index is 12.8. The van der Waals surface area contributed by atoms with E-state index in [0.717, 1.165) is 5.56 Å². The second-order valence-electron chi connectivity index (χ2n) is 5.14. The molecule has 128 valence electrons. The van der Waals surface area contributed by atoms with E-state index in [4.69, 9.17) is 14.2 Å². The molecule has 1 N–H and O–H groups in total. The molecule has 0 saturated carbocycles. The first-order valence-electron chi connectivity index (χ1n) is 7.43. The van der Waals surface area contributed by atoms with Crippen molar-refractivity contribution in [3.05, 3.63) is 53.8 Å². The van der Waals surface area contributed by atoms with Crippen LogP contribution >= 0.6 is 0 Å². The zero-order chi connectivity index (χ0) is 17.5. The summed E-state index contributed by atoms with van der Waals surface area (Å²) in [4.78, 5) is 12.0. The average molecular weight is 333 g/mol. The highest BCUT2D eigenvalue weighted by molar-refractivity contribution is 5.78. The maximum absolute atomic E-state index is 12.8. The topological polar surface area (TPSA) is 56.8 Å². The maximum Gasteiger partial charge on any atom is 0.258 e. The first-order chi connectivity index (χ1) is 11.5. The van der Waals surface area contributed by atoms with Crippen LogP contribution in [0, 0.1) is 5.82 Å². The zero-order valence-electron chi connectivity index (χ0n) is 13.8. The first-order valence-corrected chi connectivity index (χ1v) is 7.43. The van der Waals surface area contributed by atoms with Crippen molar-refractivity contribution in [2.24, 2.45) is 0 Å². The molecule has 1 unspecified atom stereocenters. The van der Waals surface area contributed by atoms with Gasteiger partial charge in [-0.2, -0.15) is 0 Å². The number of amides is 1. The molecule has 0 saturated heterocycles. The van der Waals surface area contributed by atoms with Gasteiger partial charge in [-0.25, -0.2) is 4.39 Å². The molecule has 6 heteroatoms. The lowest BCUT2D eigenvalue weighted by molar-refractivity contribution is -0.123. The summed E-state index contributed by atoms with van der Waals surface area (Å²) in [6, 6.07) is 10.6. The monoisotopic (exact) mass is 333 g/mol. The summed E-state index contributed by atoms with van der Waals surface area (Å²) in [6.07, 6.45) is 0. The Kier molecular flexibility index (Phi) is 6.01. The van der Waals surface area contributed by atoms with E-state index >= 15 is 0 Å². The number of carbonyl (C=O) groups excluding carboxylic acids is 1. The Hall–Kier alpha value is -2.76. The van der Waals surface area contributed by atoms with E-state index in [9.17, 15) is 9.18 Å². The fraction of sp³-hybridized carbons (Fsp3) is 0.278. The van der Waals surface area contributed by atoms with Gasteiger partial charge in [-0.15, -0.1) is 0 Å². The number of rotatable bonds is 7. The van der Waals surface area contributed by atoms with Crippen LogP contribution in [0.1, 0.15) is 18.5 Å². The van der Waals surface area contributed by atoms with Gasteiger partial charge in [0, 0.05) is 5.56 Å². The molecule has 2 rings (SSSR count). The highest BCUT2D eigenvalue weighted by atomic mass is 19.1. The van der Waals surface area contributed by atoms with Gasteiger partial charge in [0.05, 0.1) is 20.3 Å². The highest BCUT2D eigenvalue weighted by Crippen LogP contribution is 2.29. The van der Waals surface area contributed by atoms with Crippen LogP contribution in [0.4, 0.5) is 4.39 Å². The smallest absolute Gasteiger partial charge is 0.258 e. The van der Waals surface area contributed by atoms with Crippen molar-refractivity contribution in [3.8, 4) is 17.2 Å². The second kappa shape index (κ2) is 8.19. The minimum atomic E-state index is -0.356. The Bertz CT molecular complexity index is 688. The molecule has 2 aromatic rings. The minimum absolute atomic E-state index is 0.164. The number of benzene rings is 2. The first kappa shape index (κ1) is 17.6. The van der Waals surface area contributed by atoms with Crippen LogP contribution in [0.15, 0.2) is 42.5 Å². The van der Waals surface area contributed by atoms with E-state index in [1.54, 1.807) is 26.4 Å². The van der Waals surface area contributed by atoms with Crippen molar-refractivity contribution in [2.45, 2.75) is 13.0 Å². The van der Waals surface area contributed by atoms with E-state index in [1.165, 1.54) is 24.3 Å². The van der Waals surface area contributed by atoms with Gasteiger partial charge in [0.1, 0.15) is 23.1 Å². The van der Waals surface area contributed by atoms with Crippen molar-refractivity contribution in [1.82, 2.24) is 5.32 Å². The average Bonchev–Trinajstić information content (AvgIpc) is 2.60. The summed E-state index contributed by atoms with van der Waals surface area (Å²) < 4.78 is 28.7. The molecule has 5 nitrogen and oxygen atoms in total. The lowest BCUT2D eigenvalue weighted by Gasteiger charge is -2.18. The molecule has 1 amide bonds. The molecule has 0 aliphatic carbocycles. The van der Waals surface area contributed by atoms with Gasteiger partial charge >= 0.3 is 0 Å². The molecule has 0 fully saturated rings. The number of methoxy groups -OCH3 is 2. The van der Waals surface area contributed by atoms with Gasteiger partial charge in [-0.05, 0) is 49.4 Å². The van der Waals surface area contributed by atoms with Crippen molar-refractivity contribution >= 4 is 5.91 Å². The summed E-state index contributed by atoms with van der Waals surface area (Å²) in [7, 11) is 3.14. The van der Waals surface area contributed by atoms with E-state index in [2.05, 4.69) is 5.32 Å². The standard InChI is InChI=1S/C18H20FNO4/c1-12(16-10-15(22-2)8-9-17(16)23-3)20-18(21)11-24-14-6-4-13(19)5-7-14/h4-10,12H,11H2,1-3H3,(H,20,21). The number of hydrogen-bond donors (Lipinski definition) is 1. The molecule has 0 aliphatic heterocycles. The zero-order valence-corrected chi connectivity index (χ0v) is 13.8. The Labute approximate surface area is 140 Å². The second-order valence-corrected chi connectivity index (χ2v) is 5.14. The van der Waals surface area contributed by atoms with E-state index in [-0.39, 0.29) is 24.4 Å². The van der Waals surface area contributed by atoms with Crippen molar-refractivity contribution < 1.29 is 23.4 Å². The summed E-state index contributed by atoms with van der Waals surface area (Å²) in [5.74, 6) is 1.11. The number of hydrogen-bond acceptors (Lipinski definition) is 4. The molecular formula is C18H20FNO4. The van der Waals surface area contributed by atoms with E-state index < -0.39 is 0 Å². The molecule has 0 radical (unpaired) electrons. The Morgan fingerprint density at radius 1 is 1.08 bits per heavy atom. The summed E-state index contributed by atoms with van der Waals surface area (Å²) in [6.45, 7) is 1.68. The Balaban J connectivity index is 1.97. The van der Waals surface area contributed by atoms with E-state index in [0.29, 0.717) is 17.2 Å². The summed E-state index contributed by atoms with van der Waals surface area (Å²) in [5.41, 5.74) is 0.798. The van der Waals surface area contributed by atoms with Gasteiger partial charge < -0.3 is 19.5 Å². The van der Waals surface area contributed by atoms with Crippen LogP contribution in [0.25, 0.3) is 0 Å². The molecule has 0 aliphatic rings. The minimum Gasteiger partial charge on any atom is -0.497 e. The normalized spacial score (nSPS) is 11.5. The molecular weight excluding hydrogens is 313 g/mol. The van der Waals surface area contributed by atoms with Crippen LogP contribution in [0.3, 0.4) is 0 Å². The van der Waals surface area contributed by atoms with Crippen LogP contribution < -0.4 is 19.5 Å². The molecule has 0 spiro atoms. The van der Waals surface area contributed by atoms with Crippen LogP contribution in [-0.4, -0.2) is 26.7 Å². The van der Waals surface area contributed by atoms with E-state index in [1.807, 2.05) is 13.0 Å². The largest absolute Gasteiger partial charge is 0.497 e. The highest BCUT2D eigenvalue weighted by Gasteiger charge is 2.15. The van der Waals surface area contributed by atoms with Gasteiger partial charge in [0.25, 0.3) is 5.91 Å². The number of halogens is 1. The predicted molar refractivity (Wildman–Crippen MR) is 88.0 cm³/mol. The van der Waals surface area contributed by atoms with Gasteiger partial charge in [-0.3, -0.25) is 4.79 Å². The Morgan fingerprint density at radius 2 is 1.75 bits per heavy atom. The fourth-order valence-corrected chi connectivity index (χ4v) is 2.22. The third-order valence-corrected chi connectivity index (χ3v) is 3.46. The van der Waals surface area contributed by atoms with Crippen LogP contribution in [0.2, 0.25) is 0 Å². The molecule has 0 bridgehead atoms. The van der Waals surface area contributed by atoms with Crippen LogP contribution in [0.5, 0.6) is 17.2 Å². The molecule has 0 aromatic heterocycles. The number of nitrogens with one attached hydrogen (secondary N) is 1. The molecule has 2 aromatic carbocycles. The SMILES string of the molecule is COc1ccc(OC)c(C(C)NC(=O)COc2ccc(F)cc2)c1. The molecule has 1 atom stereocenters. The Morgan fingerprint density at radius 3 is 2.38 bits per heavy atom. The van der Waals surface area contributed by atoms with Crippen molar-refractivity contribution in [3.63, 3.8) is 0 Å². The van der Waals surface area contributed by atoms with Crippen molar-refractivity contribution in [2.75, 3.05) is 20.8 Å². The summed E-state index contributed by atoms with van der Waals surface area (Å²) in [5, 5.41) is 2.83. The van der Waals surface area contributed by atoms with Gasteiger partial charge in [-0.1, -0.05) is 0 Å². The predicted octanol–water partition coefficient (Wildman–Crippen LogP) is 3.10. The molecule has 0 heterocycles. The number of ether oxygens (including phenoxy) is 3. The third-order valence-electron chi connectivity index (χ3n) is 3.46.